The maximum Gasteiger partial charge on any atom is 0.321 e. The van der Waals surface area contributed by atoms with Gasteiger partial charge < -0.3 is 4.74 Å². The molecular formula is C10H6BrClFN3O. The van der Waals surface area contributed by atoms with Crippen LogP contribution in [0.1, 0.15) is 0 Å². The Morgan fingerprint density at radius 3 is 2.76 bits per heavy atom. The van der Waals surface area contributed by atoms with E-state index < -0.39 is 5.82 Å². The van der Waals surface area contributed by atoms with Gasteiger partial charge in [0, 0.05) is 4.47 Å². The van der Waals surface area contributed by atoms with Crippen LogP contribution < -0.4 is 4.74 Å². The average molecular weight is 319 g/mol. The highest BCUT2D eigenvalue weighted by Crippen LogP contribution is 2.25. The van der Waals surface area contributed by atoms with Gasteiger partial charge in [-0.2, -0.15) is 15.0 Å². The molecule has 0 N–H and O–H groups in total. The van der Waals surface area contributed by atoms with Crippen LogP contribution in [0.2, 0.25) is 5.28 Å². The lowest BCUT2D eigenvalue weighted by molar-refractivity contribution is 0.378. The zero-order valence-electron chi connectivity index (χ0n) is 8.62. The fourth-order valence-electron chi connectivity index (χ4n) is 1.21. The second-order valence-electron chi connectivity index (χ2n) is 3.04. The van der Waals surface area contributed by atoms with E-state index in [4.69, 9.17) is 16.3 Å². The van der Waals surface area contributed by atoms with Crippen LogP contribution in [0.4, 0.5) is 4.39 Å². The quantitative estimate of drug-likeness (QED) is 0.853. The molecule has 1 heterocycles. The van der Waals surface area contributed by atoms with Gasteiger partial charge in [-0.05, 0) is 29.8 Å². The highest BCUT2D eigenvalue weighted by atomic mass is 79.9. The summed E-state index contributed by atoms with van der Waals surface area (Å²) in [4.78, 5) is 11.5. The highest BCUT2D eigenvalue weighted by Gasteiger charge is 2.12. The summed E-state index contributed by atoms with van der Waals surface area (Å²) in [7, 11) is 1.40. The summed E-state index contributed by atoms with van der Waals surface area (Å²) in [5, 5.41) is -0.0498. The van der Waals surface area contributed by atoms with Gasteiger partial charge in [0.2, 0.25) is 5.28 Å². The molecule has 2 aromatic rings. The first kappa shape index (κ1) is 12.2. The predicted octanol–water partition coefficient (Wildman–Crippen LogP) is 3.10. The zero-order chi connectivity index (χ0) is 12.4. The number of benzene rings is 1. The second-order valence-corrected chi connectivity index (χ2v) is 4.29. The standard InChI is InChI=1S/C10H6BrClFN3O/c1-17-10-15-8(14-9(12)16-10)6-4-5(11)2-3-7(6)13/h2-4H,1H3. The molecule has 0 saturated carbocycles. The first-order valence-corrected chi connectivity index (χ1v) is 5.68. The minimum absolute atomic E-state index is 0.0411. The molecule has 0 fully saturated rings. The first-order valence-electron chi connectivity index (χ1n) is 4.51. The Bertz CT molecular complexity index is 567. The molecule has 0 aliphatic heterocycles. The minimum atomic E-state index is -0.447. The Kier molecular flexibility index (Phi) is 3.54. The molecule has 0 aliphatic rings. The Morgan fingerprint density at radius 1 is 1.29 bits per heavy atom. The number of hydrogen-bond donors (Lipinski definition) is 0. The van der Waals surface area contributed by atoms with Crippen LogP contribution in [-0.4, -0.2) is 22.1 Å². The molecule has 0 bridgehead atoms. The Hall–Kier alpha value is -1.27. The van der Waals surface area contributed by atoms with Crippen molar-refractivity contribution in [3.63, 3.8) is 0 Å². The van der Waals surface area contributed by atoms with Gasteiger partial charge in [-0.25, -0.2) is 4.39 Å². The monoisotopic (exact) mass is 317 g/mol. The van der Waals surface area contributed by atoms with E-state index in [9.17, 15) is 4.39 Å². The number of methoxy groups -OCH3 is 1. The topological polar surface area (TPSA) is 47.9 Å². The molecule has 1 aromatic carbocycles. The van der Waals surface area contributed by atoms with Crippen molar-refractivity contribution < 1.29 is 9.13 Å². The Balaban J connectivity index is 2.59. The summed E-state index contributed by atoms with van der Waals surface area (Å²) >= 11 is 8.94. The lowest BCUT2D eigenvalue weighted by Gasteiger charge is -2.04. The van der Waals surface area contributed by atoms with Crippen molar-refractivity contribution in [3.8, 4) is 17.4 Å². The van der Waals surface area contributed by atoms with Crippen molar-refractivity contribution >= 4 is 27.5 Å². The maximum atomic E-state index is 13.6. The molecule has 0 saturated heterocycles. The highest BCUT2D eigenvalue weighted by molar-refractivity contribution is 9.10. The SMILES string of the molecule is COc1nc(Cl)nc(-c2cc(Br)ccc2F)n1. The summed E-state index contributed by atoms with van der Waals surface area (Å²) in [6.07, 6.45) is 0. The number of halogens is 3. The van der Waals surface area contributed by atoms with Crippen molar-refractivity contribution in [3.05, 3.63) is 33.8 Å². The molecule has 0 radical (unpaired) electrons. The molecule has 0 spiro atoms. The van der Waals surface area contributed by atoms with Crippen LogP contribution in [0.15, 0.2) is 22.7 Å². The fraction of sp³-hybridized carbons (Fsp3) is 0.100. The van der Waals surface area contributed by atoms with Crippen molar-refractivity contribution in [1.82, 2.24) is 15.0 Å². The van der Waals surface area contributed by atoms with E-state index in [0.717, 1.165) is 0 Å². The zero-order valence-corrected chi connectivity index (χ0v) is 11.0. The third kappa shape index (κ3) is 2.70. The van der Waals surface area contributed by atoms with Gasteiger partial charge >= 0.3 is 6.01 Å². The summed E-state index contributed by atoms with van der Waals surface area (Å²) < 4.78 is 19.2. The van der Waals surface area contributed by atoms with Gasteiger partial charge in [0.05, 0.1) is 12.7 Å². The summed E-state index contributed by atoms with van der Waals surface area (Å²) in [5.74, 6) is -0.321. The van der Waals surface area contributed by atoms with Gasteiger partial charge in [0.25, 0.3) is 0 Å². The average Bonchev–Trinajstić information content (AvgIpc) is 2.31. The molecule has 7 heteroatoms. The van der Waals surface area contributed by atoms with E-state index in [1.807, 2.05) is 0 Å². The predicted molar refractivity (Wildman–Crippen MR) is 64.5 cm³/mol. The molecule has 0 amide bonds. The van der Waals surface area contributed by atoms with Crippen molar-refractivity contribution in [2.75, 3.05) is 7.11 Å². The minimum Gasteiger partial charge on any atom is -0.467 e. The number of hydrogen-bond acceptors (Lipinski definition) is 4. The third-order valence-corrected chi connectivity index (χ3v) is 2.60. The number of rotatable bonds is 2. The van der Waals surface area contributed by atoms with Crippen molar-refractivity contribution in [2.24, 2.45) is 0 Å². The third-order valence-electron chi connectivity index (χ3n) is 1.94. The Labute approximate surface area is 110 Å². The van der Waals surface area contributed by atoms with Gasteiger partial charge in [-0.3, -0.25) is 0 Å². The molecule has 17 heavy (non-hydrogen) atoms. The van der Waals surface area contributed by atoms with Gasteiger partial charge in [-0.15, -0.1) is 0 Å². The normalized spacial score (nSPS) is 10.4. The molecular weight excluding hydrogens is 312 g/mol. The van der Waals surface area contributed by atoms with Crippen LogP contribution in [0.25, 0.3) is 11.4 Å². The molecule has 0 atom stereocenters. The second kappa shape index (κ2) is 4.93. The van der Waals surface area contributed by atoms with Crippen molar-refractivity contribution in [2.45, 2.75) is 0 Å². The van der Waals surface area contributed by atoms with E-state index in [0.29, 0.717) is 4.47 Å². The van der Waals surface area contributed by atoms with Crippen LogP contribution in [0.5, 0.6) is 6.01 Å². The first-order chi connectivity index (χ1) is 8.10. The van der Waals surface area contributed by atoms with Crippen molar-refractivity contribution in [1.29, 1.82) is 0 Å². The summed E-state index contributed by atoms with van der Waals surface area (Å²) in [5.41, 5.74) is 0.224. The van der Waals surface area contributed by atoms with Crippen LogP contribution >= 0.6 is 27.5 Å². The van der Waals surface area contributed by atoms with E-state index in [2.05, 4.69) is 30.9 Å². The summed E-state index contributed by atoms with van der Waals surface area (Å²) in [6, 6.07) is 4.49. The smallest absolute Gasteiger partial charge is 0.321 e. The lowest BCUT2D eigenvalue weighted by atomic mass is 10.2. The van der Waals surface area contributed by atoms with E-state index in [1.54, 1.807) is 12.1 Å². The van der Waals surface area contributed by atoms with Gasteiger partial charge in [-0.1, -0.05) is 15.9 Å². The number of nitrogens with zero attached hydrogens (tertiary/aromatic N) is 3. The Morgan fingerprint density at radius 2 is 2.06 bits per heavy atom. The fourth-order valence-corrected chi connectivity index (χ4v) is 1.73. The number of aromatic nitrogens is 3. The van der Waals surface area contributed by atoms with Crippen LogP contribution in [0.3, 0.4) is 0 Å². The van der Waals surface area contributed by atoms with Crippen LogP contribution in [-0.2, 0) is 0 Å². The summed E-state index contributed by atoms with van der Waals surface area (Å²) in [6.45, 7) is 0. The maximum absolute atomic E-state index is 13.6. The molecule has 0 unspecified atom stereocenters. The molecule has 88 valence electrons. The van der Waals surface area contributed by atoms with E-state index in [1.165, 1.54) is 13.2 Å². The van der Waals surface area contributed by atoms with Gasteiger partial charge in [0.15, 0.2) is 5.82 Å². The largest absolute Gasteiger partial charge is 0.467 e. The lowest BCUT2D eigenvalue weighted by Crippen LogP contribution is -1.99. The molecule has 0 aliphatic carbocycles. The van der Waals surface area contributed by atoms with Crippen LogP contribution in [0, 0.1) is 5.82 Å². The van der Waals surface area contributed by atoms with Gasteiger partial charge in [0.1, 0.15) is 5.82 Å². The molecule has 2 rings (SSSR count). The molecule has 1 aromatic heterocycles. The number of ether oxygens (including phenoxy) is 1. The molecule has 4 nitrogen and oxygen atoms in total. The van der Waals surface area contributed by atoms with E-state index >= 15 is 0 Å². The van der Waals surface area contributed by atoms with E-state index in [-0.39, 0.29) is 22.7 Å².